The minimum absolute atomic E-state index is 0.347. The summed E-state index contributed by atoms with van der Waals surface area (Å²) in [6.07, 6.45) is 28.0. The molecule has 1 aromatic heterocycles. The highest BCUT2D eigenvalue weighted by Crippen LogP contribution is 2.28. The highest BCUT2D eigenvalue weighted by molar-refractivity contribution is 7.13. The first-order chi connectivity index (χ1) is 20.1. The van der Waals surface area contributed by atoms with E-state index >= 15 is 0 Å². The molecule has 0 spiro atoms. The SMILES string of the molecule is CCCCCCCCCCCCCCCCCCNC(=O)Oc1sc(CCCC)[n+](C(=O)OCC2CCCC2)c1C. The summed E-state index contributed by atoms with van der Waals surface area (Å²) in [6, 6.07) is 0. The molecular formula is C34H61N2O4S+. The third-order valence-electron chi connectivity index (χ3n) is 8.42. The number of unbranched alkanes of at least 4 members (excludes halogenated alkanes) is 16. The maximum atomic E-state index is 12.9. The van der Waals surface area contributed by atoms with Crippen LogP contribution in [0.2, 0.25) is 0 Å². The Morgan fingerprint density at radius 1 is 0.780 bits per heavy atom. The smallest absolute Gasteiger partial charge is 0.411 e. The second-order valence-corrected chi connectivity index (χ2v) is 13.2. The van der Waals surface area contributed by atoms with Crippen molar-refractivity contribution in [3.05, 3.63) is 10.7 Å². The van der Waals surface area contributed by atoms with Crippen LogP contribution in [0.4, 0.5) is 9.59 Å². The van der Waals surface area contributed by atoms with E-state index in [9.17, 15) is 9.59 Å². The number of hydrogen-bond acceptors (Lipinski definition) is 5. The first-order valence-electron chi connectivity index (χ1n) is 17.2. The molecule has 2 rings (SSSR count). The second-order valence-electron chi connectivity index (χ2n) is 12.2. The summed E-state index contributed by atoms with van der Waals surface area (Å²) in [5.74, 6) is 0.476. The maximum Gasteiger partial charge on any atom is 0.603 e. The summed E-state index contributed by atoms with van der Waals surface area (Å²) in [6.45, 7) is 7.34. The lowest BCUT2D eigenvalue weighted by Crippen LogP contribution is -2.47. The van der Waals surface area contributed by atoms with Gasteiger partial charge in [-0.1, -0.05) is 134 Å². The lowest BCUT2D eigenvalue weighted by molar-refractivity contribution is -0.595. The number of nitrogens with zero attached hydrogens (tertiary/aromatic N) is 1. The summed E-state index contributed by atoms with van der Waals surface area (Å²) in [7, 11) is 0. The lowest BCUT2D eigenvalue weighted by atomic mass is 10.0. The quantitative estimate of drug-likeness (QED) is 0.101. The van der Waals surface area contributed by atoms with Gasteiger partial charge in [0.2, 0.25) is 5.69 Å². The molecule has 1 heterocycles. The van der Waals surface area contributed by atoms with Crippen LogP contribution in [-0.4, -0.2) is 25.3 Å². The van der Waals surface area contributed by atoms with E-state index in [1.807, 2.05) is 6.92 Å². The van der Waals surface area contributed by atoms with E-state index in [0.717, 1.165) is 50.0 Å². The minimum Gasteiger partial charge on any atom is -0.411 e. The first kappa shape index (κ1) is 35.6. The van der Waals surface area contributed by atoms with E-state index in [2.05, 4.69) is 19.2 Å². The van der Waals surface area contributed by atoms with Crippen LogP contribution < -0.4 is 14.6 Å². The molecule has 1 aliphatic carbocycles. The Morgan fingerprint density at radius 2 is 1.29 bits per heavy atom. The van der Waals surface area contributed by atoms with Gasteiger partial charge in [0.25, 0.3) is 10.1 Å². The van der Waals surface area contributed by atoms with E-state index < -0.39 is 6.09 Å². The van der Waals surface area contributed by atoms with Crippen molar-refractivity contribution < 1.29 is 23.6 Å². The molecule has 7 heteroatoms. The summed E-state index contributed by atoms with van der Waals surface area (Å²) in [4.78, 5) is 25.4. The van der Waals surface area contributed by atoms with E-state index in [0.29, 0.717) is 29.8 Å². The Bertz CT molecular complexity index is 835. The Kier molecular flexibility index (Phi) is 19.9. The van der Waals surface area contributed by atoms with Gasteiger partial charge in [-0.25, -0.2) is 4.79 Å². The normalized spacial score (nSPS) is 13.5. The van der Waals surface area contributed by atoms with Crippen molar-refractivity contribution in [2.24, 2.45) is 5.92 Å². The Balaban J connectivity index is 1.55. The molecule has 0 bridgehead atoms. The zero-order valence-electron chi connectivity index (χ0n) is 26.7. The first-order valence-corrected chi connectivity index (χ1v) is 18.1. The molecule has 1 saturated carbocycles. The largest absolute Gasteiger partial charge is 0.603 e. The monoisotopic (exact) mass is 593 g/mol. The summed E-state index contributed by atoms with van der Waals surface area (Å²) in [5, 5.41) is 4.27. The van der Waals surface area contributed by atoms with Gasteiger partial charge in [0.15, 0.2) is 0 Å². The summed E-state index contributed by atoms with van der Waals surface area (Å²) >= 11 is 1.39. The predicted molar refractivity (Wildman–Crippen MR) is 170 cm³/mol. The number of thiazole rings is 1. The van der Waals surface area contributed by atoms with Crippen molar-refractivity contribution in [3.63, 3.8) is 0 Å². The summed E-state index contributed by atoms with van der Waals surface area (Å²) < 4.78 is 12.9. The van der Waals surface area contributed by atoms with Gasteiger partial charge in [-0.2, -0.15) is 4.79 Å². The van der Waals surface area contributed by atoms with Crippen LogP contribution in [-0.2, 0) is 11.2 Å². The molecule has 1 N–H and O–H groups in total. The Hall–Kier alpha value is -1.63. The molecule has 236 valence electrons. The van der Waals surface area contributed by atoms with Gasteiger partial charge < -0.3 is 14.8 Å². The van der Waals surface area contributed by atoms with E-state index in [1.165, 1.54) is 114 Å². The Labute approximate surface area is 255 Å². The molecule has 1 amide bonds. The Morgan fingerprint density at radius 3 is 1.83 bits per heavy atom. The third-order valence-corrected chi connectivity index (χ3v) is 9.61. The number of aryl methyl sites for hydroxylation is 1. The van der Waals surface area contributed by atoms with Crippen LogP contribution in [0.5, 0.6) is 5.06 Å². The van der Waals surface area contributed by atoms with Crippen molar-refractivity contribution in [2.75, 3.05) is 13.2 Å². The molecule has 0 saturated heterocycles. The highest BCUT2D eigenvalue weighted by Gasteiger charge is 2.34. The van der Waals surface area contributed by atoms with Gasteiger partial charge in [-0.05, 0) is 42.9 Å². The maximum absolute atomic E-state index is 12.9. The molecule has 0 aliphatic heterocycles. The van der Waals surface area contributed by atoms with Crippen molar-refractivity contribution in [3.8, 4) is 5.06 Å². The van der Waals surface area contributed by atoms with Crippen LogP contribution in [0.15, 0.2) is 0 Å². The molecule has 6 nitrogen and oxygen atoms in total. The molecule has 1 aromatic rings. The van der Waals surface area contributed by atoms with Crippen molar-refractivity contribution in [1.29, 1.82) is 0 Å². The van der Waals surface area contributed by atoms with Gasteiger partial charge in [-0.15, -0.1) is 0 Å². The fourth-order valence-corrected chi connectivity index (χ4v) is 6.86. The van der Waals surface area contributed by atoms with Crippen molar-refractivity contribution >= 4 is 23.5 Å². The fraction of sp³-hybridized carbons (Fsp3) is 0.853. The number of carbonyl (C=O) groups excluding carboxylic acids is 2. The average molecular weight is 594 g/mol. The van der Waals surface area contributed by atoms with Crippen molar-refractivity contribution in [1.82, 2.24) is 5.32 Å². The number of nitrogens with one attached hydrogen (secondary N) is 1. The van der Waals surface area contributed by atoms with Gasteiger partial charge in [0.05, 0.1) is 0 Å². The van der Waals surface area contributed by atoms with Gasteiger partial charge >= 0.3 is 12.2 Å². The zero-order valence-corrected chi connectivity index (χ0v) is 27.6. The average Bonchev–Trinajstić information content (AvgIpc) is 3.60. The molecule has 0 radical (unpaired) electrons. The second kappa shape index (κ2) is 22.9. The number of carbonyl (C=O) groups is 2. The van der Waals surface area contributed by atoms with E-state index in [1.54, 1.807) is 4.57 Å². The summed E-state index contributed by atoms with van der Waals surface area (Å²) in [5.41, 5.74) is 0.648. The molecule has 1 aliphatic rings. The molecular weight excluding hydrogens is 532 g/mol. The third kappa shape index (κ3) is 15.4. The van der Waals surface area contributed by atoms with E-state index in [-0.39, 0.29) is 6.09 Å². The van der Waals surface area contributed by atoms with Crippen molar-refractivity contribution in [2.45, 2.75) is 168 Å². The van der Waals surface area contributed by atoms with Crippen LogP contribution in [0.25, 0.3) is 0 Å². The number of amides is 1. The predicted octanol–water partition coefficient (Wildman–Crippen LogP) is 10.2. The number of rotatable bonds is 23. The van der Waals surface area contributed by atoms with Crippen LogP contribution >= 0.6 is 11.3 Å². The number of ether oxygens (including phenoxy) is 2. The van der Waals surface area contributed by atoms with Crippen LogP contribution in [0.3, 0.4) is 0 Å². The minimum atomic E-state index is -0.441. The fourth-order valence-electron chi connectivity index (χ4n) is 5.74. The number of hydrogen-bond donors (Lipinski definition) is 1. The van der Waals surface area contributed by atoms with Gasteiger partial charge in [0.1, 0.15) is 6.61 Å². The molecule has 41 heavy (non-hydrogen) atoms. The molecule has 1 fully saturated rings. The number of aromatic nitrogens is 1. The molecule has 0 atom stereocenters. The molecule has 0 unspecified atom stereocenters. The van der Waals surface area contributed by atoms with E-state index in [4.69, 9.17) is 9.47 Å². The van der Waals surface area contributed by atoms with Crippen LogP contribution in [0, 0.1) is 12.8 Å². The standard InChI is InChI=1S/C34H60N2O4S/c1-4-6-8-9-10-11-12-13-14-15-16-17-18-19-20-23-27-35-33(37)40-32-29(3)36(31(41-32)26-7-5-2)34(38)39-28-30-24-21-22-25-30/h30H,4-28H2,1-3H3/p+1. The highest BCUT2D eigenvalue weighted by atomic mass is 32.1. The zero-order chi connectivity index (χ0) is 29.5. The lowest BCUT2D eigenvalue weighted by Gasteiger charge is -2.07. The van der Waals surface area contributed by atoms with Crippen LogP contribution in [0.1, 0.15) is 166 Å². The van der Waals surface area contributed by atoms with Gasteiger partial charge in [0, 0.05) is 19.9 Å². The van der Waals surface area contributed by atoms with Gasteiger partial charge in [-0.3, -0.25) is 0 Å². The molecule has 0 aromatic carbocycles. The topological polar surface area (TPSA) is 68.5 Å².